The van der Waals surface area contributed by atoms with Crippen LogP contribution in [-0.2, 0) is 6.54 Å². The Bertz CT molecular complexity index is 1040. The third kappa shape index (κ3) is 7.90. The predicted molar refractivity (Wildman–Crippen MR) is 157 cm³/mol. The molecule has 0 spiro atoms. The molecule has 2 fully saturated rings. The van der Waals surface area contributed by atoms with Crippen molar-refractivity contribution in [2.45, 2.75) is 105 Å². The lowest BCUT2D eigenvalue weighted by Crippen LogP contribution is -2.25. The van der Waals surface area contributed by atoms with E-state index >= 15 is 0 Å². The highest BCUT2D eigenvalue weighted by Crippen LogP contribution is 2.35. The number of nitrogens with zero attached hydrogens (tertiary/aromatic N) is 3. The minimum absolute atomic E-state index is 0.154. The fraction of sp³-hybridized carbons (Fsp3) is 0.677. The number of hydrogen-bond acceptors (Lipinski definition) is 7. The van der Waals surface area contributed by atoms with Crippen LogP contribution >= 0.6 is 0 Å². The van der Waals surface area contributed by atoms with Crippen LogP contribution in [-0.4, -0.2) is 33.3 Å². The molecule has 1 aromatic heterocycles. The fourth-order valence-corrected chi connectivity index (χ4v) is 6.00. The lowest BCUT2D eigenvalue weighted by Gasteiger charge is -2.22. The van der Waals surface area contributed by atoms with Crippen LogP contribution in [0.25, 0.3) is 0 Å². The van der Waals surface area contributed by atoms with Crippen LogP contribution in [0, 0.1) is 23.2 Å². The van der Waals surface area contributed by atoms with Crippen molar-refractivity contribution in [2.24, 2.45) is 23.2 Å². The minimum atomic E-state index is -0.386. The van der Waals surface area contributed by atoms with Gasteiger partial charge in [-0.3, -0.25) is 4.79 Å². The summed E-state index contributed by atoms with van der Waals surface area (Å²) >= 11 is 0. The molecule has 1 aromatic carbocycles. The van der Waals surface area contributed by atoms with E-state index in [1.807, 2.05) is 45.0 Å². The number of Topliss-reactive ketones (excluding diaryl/α,β-unsaturated/α-hetero) is 1. The summed E-state index contributed by atoms with van der Waals surface area (Å²) in [5.74, 6) is 4.08. The lowest BCUT2D eigenvalue weighted by atomic mass is 9.86. The topological polar surface area (TPSA) is 91.8 Å². The van der Waals surface area contributed by atoms with Crippen LogP contribution in [0.1, 0.15) is 108 Å². The largest absolute Gasteiger partial charge is 0.354 e. The molecule has 1 heterocycles. The number of carbonyl (C=O) groups excluding carboxylic acids is 1. The molecule has 0 aliphatic heterocycles. The fourth-order valence-electron chi connectivity index (χ4n) is 6.00. The monoisotopic (exact) mass is 520 g/mol. The molecule has 0 bridgehead atoms. The molecule has 2 aliphatic rings. The molecule has 7 heteroatoms. The summed E-state index contributed by atoms with van der Waals surface area (Å²) in [6.07, 6.45) is 11.5. The number of anilines is 3. The van der Waals surface area contributed by atoms with Gasteiger partial charge in [0.05, 0.1) is 0 Å². The smallest absolute Gasteiger partial charge is 0.229 e. The summed E-state index contributed by atoms with van der Waals surface area (Å²) in [6, 6.07) is 8.22. The Kier molecular flexibility index (Phi) is 9.61. The van der Waals surface area contributed by atoms with E-state index in [0.717, 1.165) is 23.6 Å². The Labute approximate surface area is 229 Å². The zero-order valence-electron chi connectivity index (χ0n) is 24.1. The number of aromatic nitrogens is 3. The van der Waals surface area contributed by atoms with Crippen molar-refractivity contribution in [3.05, 3.63) is 35.4 Å². The summed E-state index contributed by atoms with van der Waals surface area (Å²) < 4.78 is 0. The van der Waals surface area contributed by atoms with Gasteiger partial charge in [0, 0.05) is 30.1 Å². The number of ketones is 1. The van der Waals surface area contributed by atoms with Gasteiger partial charge in [0.25, 0.3) is 0 Å². The SMILES string of the molecule is CCCC1CC(C)C(Nc2nc(NCc3ccc(C(=O)C(C)(C)C)cc3)nc(NCC3CCCCC3)n2)C1. The highest BCUT2D eigenvalue weighted by atomic mass is 16.1. The van der Waals surface area contributed by atoms with Gasteiger partial charge >= 0.3 is 0 Å². The molecule has 3 atom stereocenters. The van der Waals surface area contributed by atoms with Gasteiger partial charge < -0.3 is 16.0 Å². The molecule has 0 amide bonds. The molecule has 2 aliphatic carbocycles. The van der Waals surface area contributed by atoms with E-state index in [2.05, 4.69) is 29.8 Å². The molecule has 3 N–H and O–H groups in total. The van der Waals surface area contributed by atoms with Crippen molar-refractivity contribution < 1.29 is 4.79 Å². The molecule has 2 aromatic rings. The van der Waals surface area contributed by atoms with Gasteiger partial charge in [-0.05, 0) is 49.0 Å². The molecule has 0 radical (unpaired) electrons. The van der Waals surface area contributed by atoms with E-state index < -0.39 is 0 Å². The van der Waals surface area contributed by atoms with Crippen molar-refractivity contribution in [1.82, 2.24) is 15.0 Å². The Morgan fingerprint density at radius 2 is 1.55 bits per heavy atom. The molecule has 0 saturated heterocycles. The van der Waals surface area contributed by atoms with Gasteiger partial charge in [0.1, 0.15) is 0 Å². The second-order valence-electron chi connectivity index (χ2n) is 12.7. The zero-order chi connectivity index (χ0) is 27.1. The van der Waals surface area contributed by atoms with Crippen LogP contribution in [0.3, 0.4) is 0 Å². The lowest BCUT2D eigenvalue weighted by molar-refractivity contribution is 0.0858. The number of nitrogens with one attached hydrogen (secondary N) is 3. The van der Waals surface area contributed by atoms with E-state index in [1.165, 1.54) is 57.8 Å². The Balaban J connectivity index is 1.44. The number of benzene rings is 1. The van der Waals surface area contributed by atoms with Crippen LogP contribution in [0.5, 0.6) is 0 Å². The Hall–Kier alpha value is -2.70. The number of carbonyl (C=O) groups is 1. The zero-order valence-corrected chi connectivity index (χ0v) is 24.1. The standard InChI is InChI=1S/C31H48N6O/c1-6-10-24-17-21(2)26(18-24)34-30-36-28(32-19-22-11-8-7-9-12-22)35-29(37-30)33-20-23-13-15-25(16-14-23)27(38)31(3,4)5/h13-16,21-22,24,26H,6-12,17-20H2,1-5H3,(H3,32,33,34,35,36,37). The van der Waals surface area contributed by atoms with E-state index in [9.17, 15) is 4.79 Å². The quantitative estimate of drug-likeness (QED) is 0.267. The molecule has 38 heavy (non-hydrogen) atoms. The van der Waals surface area contributed by atoms with E-state index in [0.29, 0.717) is 42.3 Å². The summed E-state index contributed by atoms with van der Waals surface area (Å²) in [4.78, 5) is 26.8. The molecule has 4 rings (SSSR count). The second kappa shape index (κ2) is 12.9. The van der Waals surface area contributed by atoms with Gasteiger partial charge in [-0.15, -0.1) is 0 Å². The van der Waals surface area contributed by atoms with Crippen LogP contribution in [0.2, 0.25) is 0 Å². The summed E-state index contributed by atoms with van der Waals surface area (Å²) in [5, 5.41) is 10.6. The van der Waals surface area contributed by atoms with Gasteiger partial charge in [-0.2, -0.15) is 15.0 Å². The number of rotatable bonds is 11. The van der Waals surface area contributed by atoms with E-state index in [4.69, 9.17) is 15.0 Å². The van der Waals surface area contributed by atoms with Gasteiger partial charge in [0.15, 0.2) is 5.78 Å². The molecular weight excluding hydrogens is 472 g/mol. The molecular formula is C31H48N6O. The average Bonchev–Trinajstić information content (AvgIpc) is 3.24. The maximum Gasteiger partial charge on any atom is 0.229 e. The number of hydrogen-bond donors (Lipinski definition) is 3. The molecule has 7 nitrogen and oxygen atoms in total. The summed E-state index contributed by atoms with van der Waals surface area (Å²) in [6.45, 7) is 12.0. The van der Waals surface area contributed by atoms with Crippen molar-refractivity contribution in [3.63, 3.8) is 0 Å². The first-order chi connectivity index (χ1) is 18.2. The van der Waals surface area contributed by atoms with Crippen LogP contribution < -0.4 is 16.0 Å². The third-order valence-electron chi connectivity index (χ3n) is 8.25. The average molecular weight is 521 g/mol. The molecule has 208 valence electrons. The maximum atomic E-state index is 12.6. The first-order valence-corrected chi connectivity index (χ1v) is 14.9. The highest BCUT2D eigenvalue weighted by Gasteiger charge is 2.31. The van der Waals surface area contributed by atoms with Gasteiger partial charge in [0.2, 0.25) is 17.8 Å². The van der Waals surface area contributed by atoms with Gasteiger partial charge in [-0.1, -0.05) is 91.0 Å². The van der Waals surface area contributed by atoms with Crippen LogP contribution in [0.4, 0.5) is 17.8 Å². The second-order valence-corrected chi connectivity index (χ2v) is 12.7. The normalized spacial score (nSPS) is 22.3. The van der Waals surface area contributed by atoms with E-state index in [-0.39, 0.29) is 11.2 Å². The minimum Gasteiger partial charge on any atom is -0.354 e. The van der Waals surface area contributed by atoms with Crippen LogP contribution in [0.15, 0.2) is 24.3 Å². The van der Waals surface area contributed by atoms with E-state index in [1.54, 1.807) is 0 Å². The summed E-state index contributed by atoms with van der Waals surface area (Å²) in [7, 11) is 0. The Morgan fingerprint density at radius 1 is 0.895 bits per heavy atom. The highest BCUT2D eigenvalue weighted by molar-refractivity contribution is 5.99. The van der Waals surface area contributed by atoms with Crippen molar-refractivity contribution in [2.75, 3.05) is 22.5 Å². The van der Waals surface area contributed by atoms with Crippen molar-refractivity contribution >= 4 is 23.6 Å². The van der Waals surface area contributed by atoms with Gasteiger partial charge in [-0.25, -0.2) is 0 Å². The van der Waals surface area contributed by atoms with Crippen molar-refractivity contribution in [3.8, 4) is 0 Å². The summed E-state index contributed by atoms with van der Waals surface area (Å²) in [5.41, 5.74) is 1.44. The first-order valence-electron chi connectivity index (χ1n) is 14.9. The maximum absolute atomic E-state index is 12.6. The Morgan fingerprint density at radius 3 is 2.21 bits per heavy atom. The third-order valence-corrected chi connectivity index (χ3v) is 8.25. The van der Waals surface area contributed by atoms with Crippen molar-refractivity contribution in [1.29, 1.82) is 0 Å². The first kappa shape index (κ1) is 28.3. The predicted octanol–water partition coefficient (Wildman–Crippen LogP) is 7.33. The molecule has 2 saturated carbocycles. The molecule has 3 unspecified atom stereocenters.